The molecular weight excluding hydrogens is 260 g/mol. The van der Waals surface area contributed by atoms with Crippen LogP contribution in [0.25, 0.3) is 0 Å². The third kappa shape index (κ3) is 2.68. The predicted octanol–water partition coefficient (Wildman–Crippen LogP) is 3.83. The summed E-state index contributed by atoms with van der Waals surface area (Å²) in [5.74, 6) is 0.806. The summed E-state index contributed by atoms with van der Waals surface area (Å²) in [4.78, 5) is 0. The topological polar surface area (TPSA) is 29.5 Å². The average Bonchev–Trinajstić information content (AvgIpc) is 2.54. The fraction of sp³-hybridized carbons (Fsp3) is 0.368. The molecule has 0 spiro atoms. The third-order valence-corrected chi connectivity index (χ3v) is 4.56. The number of ether oxygens (including phenoxy) is 1. The zero-order valence-corrected chi connectivity index (χ0v) is 12.7. The number of hydrogen-bond acceptors (Lipinski definition) is 2. The van der Waals surface area contributed by atoms with Crippen LogP contribution in [0.3, 0.4) is 0 Å². The Balaban J connectivity index is 1.96. The minimum absolute atomic E-state index is 0.806. The molecule has 0 radical (unpaired) electrons. The van der Waals surface area contributed by atoms with Crippen molar-refractivity contribution in [3.8, 4) is 5.75 Å². The molecule has 1 aliphatic carbocycles. The van der Waals surface area contributed by atoms with Crippen LogP contribution in [0.15, 0.2) is 42.5 Å². The van der Waals surface area contributed by atoms with Gasteiger partial charge in [-0.2, -0.15) is 0 Å². The minimum atomic E-state index is -0.973. The van der Waals surface area contributed by atoms with Crippen molar-refractivity contribution in [3.05, 3.63) is 64.7 Å². The van der Waals surface area contributed by atoms with Crippen molar-refractivity contribution in [2.45, 2.75) is 38.2 Å². The van der Waals surface area contributed by atoms with Gasteiger partial charge in [-0.1, -0.05) is 30.3 Å². The second-order valence-corrected chi connectivity index (χ2v) is 5.99. The van der Waals surface area contributed by atoms with Gasteiger partial charge >= 0.3 is 0 Å². The average molecular weight is 282 g/mol. The van der Waals surface area contributed by atoms with Gasteiger partial charge in [-0.3, -0.25) is 0 Å². The van der Waals surface area contributed by atoms with E-state index in [-0.39, 0.29) is 0 Å². The molecule has 0 amide bonds. The largest absolute Gasteiger partial charge is 0.497 e. The first-order valence-corrected chi connectivity index (χ1v) is 7.60. The quantitative estimate of drug-likeness (QED) is 0.927. The van der Waals surface area contributed by atoms with Crippen molar-refractivity contribution in [2.75, 3.05) is 7.11 Å². The van der Waals surface area contributed by atoms with Crippen molar-refractivity contribution < 1.29 is 9.84 Å². The van der Waals surface area contributed by atoms with E-state index in [1.54, 1.807) is 7.11 Å². The highest BCUT2D eigenvalue weighted by atomic mass is 16.5. The van der Waals surface area contributed by atoms with Crippen molar-refractivity contribution in [1.82, 2.24) is 0 Å². The molecule has 2 aromatic rings. The van der Waals surface area contributed by atoms with Crippen molar-refractivity contribution in [2.24, 2.45) is 0 Å². The Morgan fingerprint density at radius 1 is 0.905 bits per heavy atom. The zero-order chi connectivity index (χ0) is 14.9. The molecule has 0 bridgehead atoms. The minimum Gasteiger partial charge on any atom is -0.497 e. The molecule has 1 aliphatic rings. The summed E-state index contributed by atoms with van der Waals surface area (Å²) in [5.41, 5.74) is 3.72. The van der Waals surface area contributed by atoms with Gasteiger partial charge in [0.15, 0.2) is 0 Å². The number of benzene rings is 2. The molecule has 3 rings (SSSR count). The number of aryl methyl sites for hydroxylation is 2. The fourth-order valence-electron chi connectivity index (χ4n) is 3.12. The van der Waals surface area contributed by atoms with Crippen molar-refractivity contribution in [3.63, 3.8) is 0 Å². The van der Waals surface area contributed by atoms with E-state index in [4.69, 9.17) is 4.74 Å². The molecule has 1 N–H and O–H groups in total. The summed E-state index contributed by atoms with van der Waals surface area (Å²) < 4.78 is 5.18. The zero-order valence-electron chi connectivity index (χ0n) is 12.7. The number of rotatable bonds is 3. The lowest BCUT2D eigenvalue weighted by Gasteiger charge is -2.27. The fourth-order valence-corrected chi connectivity index (χ4v) is 3.12. The summed E-state index contributed by atoms with van der Waals surface area (Å²) >= 11 is 0. The molecule has 0 aromatic heterocycles. The molecule has 2 aromatic carbocycles. The van der Waals surface area contributed by atoms with Gasteiger partial charge < -0.3 is 9.84 Å². The molecule has 1 atom stereocenters. The van der Waals surface area contributed by atoms with E-state index >= 15 is 0 Å². The van der Waals surface area contributed by atoms with Gasteiger partial charge in [-0.15, -0.1) is 0 Å². The molecule has 1 unspecified atom stereocenters. The van der Waals surface area contributed by atoms with Crippen LogP contribution in [0.5, 0.6) is 5.75 Å². The maximum Gasteiger partial charge on any atom is 0.118 e. The molecule has 0 fully saturated rings. The number of methoxy groups -OCH3 is 1. The Labute approximate surface area is 126 Å². The Bertz CT molecular complexity index is 627. The second-order valence-electron chi connectivity index (χ2n) is 5.99. The molecule has 2 heteroatoms. The molecule has 0 heterocycles. The predicted molar refractivity (Wildman–Crippen MR) is 84.8 cm³/mol. The van der Waals surface area contributed by atoms with Crippen LogP contribution >= 0.6 is 0 Å². The molecule has 0 saturated heterocycles. The Morgan fingerprint density at radius 2 is 1.52 bits per heavy atom. The highest BCUT2D eigenvalue weighted by Gasteiger charge is 2.26. The summed E-state index contributed by atoms with van der Waals surface area (Å²) in [6.45, 7) is 1.86. The third-order valence-electron chi connectivity index (χ3n) is 4.56. The first kappa shape index (κ1) is 14.2. The molecule has 110 valence electrons. The molecule has 21 heavy (non-hydrogen) atoms. The highest BCUT2D eigenvalue weighted by molar-refractivity contribution is 5.42. The first-order valence-electron chi connectivity index (χ1n) is 7.60. The normalized spacial score (nSPS) is 16.9. The van der Waals surface area contributed by atoms with E-state index in [2.05, 4.69) is 18.2 Å². The second kappa shape index (κ2) is 5.53. The van der Waals surface area contributed by atoms with Gasteiger partial charge in [-0.05, 0) is 67.0 Å². The maximum absolute atomic E-state index is 11.0. The van der Waals surface area contributed by atoms with Crippen LogP contribution in [-0.4, -0.2) is 12.2 Å². The van der Waals surface area contributed by atoms with E-state index in [0.717, 1.165) is 23.3 Å². The number of hydrogen-bond donors (Lipinski definition) is 1. The van der Waals surface area contributed by atoms with Crippen LogP contribution in [0.2, 0.25) is 0 Å². The van der Waals surface area contributed by atoms with E-state index < -0.39 is 5.60 Å². The Kier molecular flexibility index (Phi) is 3.73. The molecular formula is C19H22O2. The van der Waals surface area contributed by atoms with Crippen LogP contribution in [0.4, 0.5) is 0 Å². The lowest BCUT2D eigenvalue weighted by Crippen LogP contribution is -2.23. The van der Waals surface area contributed by atoms with Crippen molar-refractivity contribution >= 4 is 0 Å². The highest BCUT2D eigenvalue weighted by Crippen LogP contribution is 2.33. The van der Waals surface area contributed by atoms with Gasteiger partial charge in [-0.25, -0.2) is 0 Å². The smallest absolute Gasteiger partial charge is 0.118 e. The number of fused-ring (bicyclic) bond motifs is 1. The SMILES string of the molecule is COc1ccc(C(C)(O)c2ccc3c(c2)CCCC3)cc1. The monoisotopic (exact) mass is 282 g/mol. The summed E-state index contributed by atoms with van der Waals surface area (Å²) in [7, 11) is 1.65. The molecule has 2 nitrogen and oxygen atoms in total. The van der Waals surface area contributed by atoms with Crippen LogP contribution in [0.1, 0.15) is 42.0 Å². The van der Waals surface area contributed by atoms with Gasteiger partial charge in [0.25, 0.3) is 0 Å². The van der Waals surface area contributed by atoms with Gasteiger partial charge in [0.2, 0.25) is 0 Å². The van der Waals surface area contributed by atoms with E-state index in [1.807, 2.05) is 31.2 Å². The Hall–Kier alpha value is -1.80. The van der Waals surface area contributed by atoms with Crippen molar-refractivity contribution in [1.29, 1.82) is 0 Å². The maximum atomic E-state index is 11.0. The summed E-state index contributed by atoms with van der Waals surface area (Å²) in [5, 5.41) is 11.0. The van der Waals surface area contributed by atoms with E-state index in [1.165, 1.54) is 30.4 Å². The van der Waals surface area contributed by atoms with Gasteiger partial charge in [0, 0.05) is 0 Å². The molecule has 0 aliphatic heterocycles. The van der Waals surface area contributed by atoms with Crippen LogP contribution in [0, 0.1) is 0 Å². The van der Waals surface area contributed by atoms with Gasteiger partial charge in [0.05, 0.1) is 7.11 Å². The van der Waals surface area contributed by atoms with E-state index in [9.17, 15) is 5.11 Å². The van der Waals surface area contributed by atoms with E-state index in [0.29, 0.717) is 0 Å². The molecule has 0 saturated carbocycles. The number of aliphatic hydroxyl groups is 1. The Morgan fingerprint density at radius 3 is 2.19 bits per heavy atom. The lowest BCUT2D eigenvalue weighted by atomic mass is 9.83. The van der Waals surface area contributed by atoms with Gasteiger partial charge in [0.1, 0.15) is 11.4 Å². The first-order chi connectivity index (χ1) is 10.1. The summed E-state index contributed by atoms with van der Waals surface area (Å²) in [6, 6.07) is 14.1. The van der Waals surface area contributed by atoms with Crippen LogP contribution in [-0.2, 0) is 18.4 Å². The van der Waals surface area contributed by atoms with Crippen LogP contribution < -0.4 is 4.74 Å². The summed E-state index contributed by atoms with van der Waals surface area (Å²) in [6.07, 6.45) is 4.82. The lowest BCUT2D eigenvalue weighted by molar-refractivity contribution is 0.102. The standard InChI is InChI=1S/C19H22O2/c1-19(20,16-9-11-18(21-2)12-10-16)17-8-7-14-5-3-4-6-15(14)13-17/h7-13,20H,3-6H2,1-2H3.